The summed E-state index contributed by atoms with van der Waals surface area (Å²) in [7, 11) is 0. The average molecular weight is 589 g/mol. The quantitative estimate of drug-likeness (QED) is 0.225. The minimum Gasteiger partial charge on any atom is -0.382 e. The number of rotatable bonds is 14. The Kier molecular flexibility index (Phi) is 12.2. The normalized spacial score (nSPS) is 17.3. The van der Waals surface area contributed by atoms with Crippen molar-refractivity contribution in [2.24, 2.45) is 0 Å². The lowest BCUT2D eigenvalue weighted by Crippen LogP contribution is -2.58. The van der Waals surface area contributed by atoms with Gasteiger partial charge in [-0.25, -0.2) is 15.0 Å². The van der Waals surface area contributed by atoms with E-state index in [0.29, 0.717) is 17.3 Å². The summed E-state index contributed by atoms with van der Waals surface area (Å²) in [5.74, 6) is 1.11. The number of nitrogens with zero attached hydrogens (tertiary/aromatic N) is 5. The lowest BCUT2D eigenvalue weighted by molar-refractivity contribution is -0.235. The van der Waals surface area contributed by atoms with Crippen LogP contribution in [0.2, 0.25) is 5.02 Å². The molecule has 0 aliphatic carbocycles. The molecule has 2 aromatic heterocycles. The molecule has 0 unspecified atom stereocenters. The van der Waals surface area contributed by atoms with E-state index in [-0.39, 0.29) is 11.5 Å². The Balaban J connectivity index is 1.21. The third kappa shape index (κ3) is 8.70. The molecule has 4 heterocycles. The van der Waals surface area contributed by atoms with Gasteiger partial charge in [0, 0.05) is 37.1 Å². The van der Waals surface area contributed by atoms with E-state index in [0.717, 1.165) is 73.9 Å². The van der Waals surface area contributed by atoms with Gasteiger partial charge in [-0.3, -0.25) is 4.79 Å². The zero-order valence-corrected chi connectivity index (χ0v) is 25.5. The van der Waals surface area contributed by atoms with E-state index in [1.165, 1.54) is 63.1 Å². The largest absolute Gasteiger partial charge is 0.382 e. The Bertz CT molecular complexity index is 1060. The summed E-state index contributed by atoms with van der Waals surface area (Å²) in [5, 5.41) is 3.23. The van der Waals surface area contributed by atoms with Gasteiger partial charge in [-0.1, -0.05) is 88.1 Å². The molecule has 10 heteroatoms. The third-order valence-electron chi connectivity index (χ3n) is 8.21. The summed E-state index contributed by atoms with van der Waals surface area (Å²) >= 11 is 7.69. The number of unbranched alkanes of at least 4 members (excludes halogenated alkanes) is 8. The second-order valence-corrected chi connectivity index (χ2v) is 12.6. The van der Waals surface area contributed by atoms with Crippen molar-refractivity contribution in [3.8, 4) is 0 Å². The Morgan fingerprint density at radius 2 is 1.70 bits per heavy atom. The zero-order valence-electron chi connectivity index (χ0n) is 24.0. The first kappa shape index (κ1) is 30.8. The van der Waals surface area contributed by atoms with Crippen LogP contribution < -0.4 is 10.6 Å². The van der Waals surface area contributed by atoms with Gasteiger partial charge in [0.15, 0.2) is 0 Å². The molecule has 0 atom stereocenters. The van der Waals surface area contributed by atoms with Gasteiger partial charge in [-0.05, 0) is 38.2 Å². The van der Waals surface area contributed by atoms with E-state index in [1.54, 1.807) is 12.4 Å². The van der Waals surface area contributed by atoms with Crippen LogP contribution in [0, 0.1) is 0 Å². The third-order valence-corrected chi connectivity index (χ3v) is 9.70. The van der Waals surface area contributed by atoms with Crippen molar-refractivity contribution >= 4 is 41.0 Å². The lowest BCUT2D eigenvalue weighted by Gasteiger charge is -2.49. The van der Waals surface area contributed by atoms with Crippen LogP contribution in [-0.4, -0.2) is 51.2 Å². The lowest BCUT2D eigenvalue weighted by atomic mass is 9.80. The highest BCUT2D eigenvalue weighted by molar-refractivity contribution is 7.99. The van der Waals surface area contributed by atoms with Gasteiger partial charge < -0.3 is 15.5 Å². The minimum absolute atomic E-state index is 0.0653. The standard InChI is InChI=1S/C30H45ClN6O2S/c1-2-3-4-5-6-7-8-9-10-13-27(38)39-37-19-12-11-15-30(37)16-20-36(21-17-30)25-22-35-26(23-34-25)40-24-14-18-33-29(32)28(24)31/h14,18,22-23H,2-13,15-17,19-21H2,1H3,(H2,32,33). The number of aromatic nitrogens is 3. The fourth-order valence-corrected chi connectivity index (χ4v) is 6.76. The molecule has 1 spiro atoms. The number of anilines is 2. The summed E-state index contributed by atoms with van der Waals surface area (Å²) in [5.41, 5.74) is 5.75. The van der Waals surface area contributed by atoms with Crippen molar-refractivity contribution in [1.82, 2.24) is 20.0 Å². The smallest absolute Gasteiger partial charge is 0.325 e. The molecule has 2 aliphatic heterocycles. The SMILES string of the molecule is CCCCCCCCCCCC(=O)ON1CCCCC12CCN(c1cnc(Sc3ccnc(N)c3Cl)cn1)CC2. The van der Waals surface area contributed by atoms with Crippen LogP contribution in [0.3, 0.4) is 0 Å². The zero-order chi connectivity index (χ0) is 28.2. The highest BCUT2D eigenvalue weighted by Gasteiger charge is 2.44. The molecule has 2 aliphatic rings. The number of hydroxylamine groups is 2. The molecule has 2 N–H and O–H groups in total. The monoisotopic (exact) mass is 588 g/mol. The van der Waals surface area contributed by atoms with Crippen molar-refractivity contribution in [2.75, 3.05) is 30.3 Å². The van der Waals surface area contributed by atoms with E-state index in [1.807, 2.05) is 17.3 Å². The van der Waals surface area contributed by atoms with Crippen LogP contribution in [-0.2, 0) is 9.63 Å². The van der Waals surface area contributed by atoms with Gasteiger partial charge in [0.1, 0.15) is 16.7 Å². The number of piperidine rings is 2. The maximum atomic E-state index is 12.7. The molecule has 0 amide bonds. The number of nitrogen functional groups attached to an aromatic ring is 1. The van der Waals surface area contributed by atoms with Crippen LogP contribution in [0.4, 0.5) is 11.6 Å². The Morgan fingerprint density at radius 3 is 2.40 bits per heavy atom. The molecule has 2 saturated heterocycles. The van der Waals surface area contributed by atoms with Crippen LogP contribution >= 0.6 is 23.4 Å². The second kappa shape index (κ2) is 15.8. The summed E-state index contributed by atoms with van der Waals surface area (Å²) in [6.45, 7) is 4.81. The van der Waals surface area contributed by atoms with Gasteiger partial charge in [0.05, 0.1) is 23.0 Å². The molecule has 40 heavy (non-hydrogen) atoms. The number of nitrogens with two attached hydrogens (primary N) is 1. The van der Waals surface area contributed by atoms with E-state index < -0.39 is 0 Å². The molecule has 4 rings (SSSR count). The number of hydrogen-bond donors (Lipinski definition) is 1. The molecular formula is C30H45ClN6O2S. The predicted octanol–water partition coefficient (Wildman–Crippen LogP) is 7.46. The Morgan fingerprint density at radius 1 is 0.975 bits per heavy atom. The van der Waals surface area contributed by atoms with Crippen molar-refractivity contribution in [1.29, 1.82) is 0 Å². The molecular weight excluding hydrogens is 544 g/mol. The molecule has 2 aromatic rings. The first-order valence-corrected chi connectivity index (χ1v) is 16.3. The number of hydrogen-bond acceptors (Lipinski definition) is 9. The molecule has 0 bridgehead atoms. The van der Waals surface area contributed by atoms with Gasteiger partial charge in [0.25, 0.3) is 0 Å². The first-order chi connectivity index (χ1) is 19.5. The fraction of sp³-hybridized carbons (Fsp3) is 0.667. The summed E-state index contributed by atoms with van der Waals surface area (Å²) in [4.78, 5) is 35.1. The Labute approximate surface area is 248 Å². The summed E-state index contributed by atoms with van der Waals surface area (Å²) in [6.07, 6.45) is 22.2. The molecule has 0 saturated carbocycles. The van der Waals surface area contributed by atoms with Crippen LogP contribution in [0.25, 0.3) is 0 Å². The molecule has 220 valence electrons. The average Bonchev–Trinajstić information content (AvgIpc) is 2.97. The van der Waals surface area contributed by atoms with E-state index >= 15 is 0 Å². The summed E-state index contributed by atoms with van der Waals surface area (Å²) < 4.78 is 0. The predicted molar refractivity (Wildman–Crippen MR) is 162 cm³/mol. The number of pyridine rings is 1. The second-order valence-electron chi connectivity index (χ2n) is 11.1. The van der Waals surface area contributed by atoms with E-state index in [9.17, 15) is 4.79 Å². The maximum absolute atomic E-state index is 12.7. The van der Waals surface area contributed by atoms with Gasteiger partial charge in [0.2, 0.25) is 0 Å². The van der Waals surface area contributed by atoms with E-state index in [2.05, 4.69) is 26.8 Å². The van der Waals surface area contributed by atoms with Crippen molar-refractivity contribution in [3.63, 3.8) is 0 Å². The van der Waals surface area contributed by atoms with Gasteiger partial charge >= 0.3 is 5.97 Å². The van der Waals surface area contributed by atoms with Crippen molar-refractivity contribution in [2.45, 2.75) is 119 Å². The molecule has 8 nitrogen and oxygen atoms in total. The summed E-state index contributed by atoms with van der Waals surface area (Å²) in [6, 6.07) is 1.82. The van der Waals surface area contributed by atoms with E-state index in [4.69, 9.17) is 22.2 Å². The number of carbonyl (C=O) groups excluding carboxylic acids is 1. The van der Waals surface area contributed by atoms with Crippen molar-refractivity contribution in [3.05, 3.63) is 29.7 Å². The fourth-order valence-electron chi connectivity index (χ4n) is 5.77. The Hall–Kier alpha value is -2.10. The van der Waals surface area contributed by atoms with Crippen molar-refractivity contribution < 1.29 is 9.63 Å². The molecule has 2 fully saturated rings. The molecule has 0 radical (unpaired) electrons. The number of carbonyl (C=O) groups is 1. The number of halogens is 1. The topological polar surface area (TPSA) is 97.5 Å². The molecule has 0 aromatic carbocycles. The highest BCUT2D eigenvalue weighted by Crippen LogP contribution is 2.39. The highest BCUT2D eigenvalue weighted by atomic mass is 35.5. The minimum atomic E-state index is -0.0679. The van der Waals surface area contributed by atoms with Gasteiger partial charge in [-0.15, -0.1) is 5.06 Å². The van der Waals surface area contributed by atoms with Crippen LogP contribution in [0.5, 0.6) is 0 Å². The first-order valence-electron chi connectivity index (χ1n) is 15.1. The van der Waals surface area contributed by atoms with Gasteiger partial charge in [-0.2, -0.15) is 0 Å². The maximum Gasteiger partial charge on any atom is 0.325 e. The van der Waals surface area contributed by atoms with Crippen LogP contribution in [0.1, 0.15) is 103 Å². The van der Waals surface area contributed by atoms with Crippen LogP contribution in [0.15, 0.2) is 34.6 Å².